The third-order valence-corrected chi connectivity index (χ3v) is 3.93. The number of aliphatic hydroxyl groups excluding tert-OH is 2. The molecule has 1 aliphatic carbocycles. The molecule has 2 atom stereocenters. The van der Waals surface area contributed by atoms with Crippen molar-refractivity contribution in [1.82, 2.24) is 0 Å². The molecule has 0 saturated heterocycles. The maximum Gasteiger partial charge on any atom is 0.104 e. The summed E-state index contributed by atoms with van der Waals surface area (Å²) < 4.78 is 0. The molecule has 112 valence electrons. The number of azide groups is 1. The van der Waals surface area contributed by atoms with Crippen LogP contribution in [0.1, 0.15) is 19.4 Å². The van der Waals surface area contributed by atoms with Gasteiger partial charge in [-0.1, -0.05) is 24.2 Å². The van der Waals surface area contributed by atoms with Gasteiger partial charge in [0.15, 0.2) is 0 Å². The van der Waals surface area contributed by atoms with Crippen LogP contribution in [-0.2, 0) is 0 Å². The molecule has 2 N–H and O–H groups in total. The molecule has 0 bridgehead atoms. The summed E-state index contributed by atoms with van der Waals surface area (Å²) in [6, 6.07) is 7.69. The number of anilines is 1. The van der Waals surface area contributed by atoms with Crippen LogP contribution in [0.25, 0.3) is 16.0 Å². The van der Waals surface area contributed by atoms with Crippen molar-refractivity contribution in [3.05, 3.63) is 46.0 Å². The van der Waals surface area contributed by atoms with E-state index in [1.165, 1.54) is 0 Å². The number of rotatable bonds is 6. The first-order valence-corrected chi connectivity index (χ1v) is 7.07. The Balaban J connectivity index is 2.13. The average Bonchev–Trinajstić information content (AvgIpc) is 2.52. The molecule has 0 radical (unpaired) electrons. The van der Waals surface area contributed by atoms with Crippen molar-refractivity contribution in [2.24, 2.45) is 11.0 Å². The molecule has 0 amide bonds. The summed E-state index contributed by atoms with van der Waals surface area (Å²) in [6.07, 6.45) is -0.594. The molecule has 6 heteroatoms. The van der Waals surface area contributed by atoms with E-state index in [4.69, 9.17) is 5.53 Å². The quantitative estimate of drug-likeness (QED) is 0.478. The van der Waals surface area contributed by atoms with E-state index in [1.807, 2.05) is 31.2 Å². The molecule has 0 heterocycles. The van der Waals surface area contributed by atoms with E-state index in [-0.39, 0.29) is 11.7 Å². The van der Waals surface area contributed by atoms with Gasteiger partial charge < -0.3 is 15.1 Å². The molecule has 1 aromatic rings. The Hall–Kier alpha value is -2.17. The second-order valence-corrected chi connectivity index (χ2v) is 5.11. The molecular weight excluding hydrogens is 268 g/mol. The predicted molar refractivity (Wildman–Crippen MR) is 83.1 cm³/mol. The maximum atomic E-state index is 9.89. The van der Waals surface area contributed by atoms with E-state index in [0.717, 1.165) is 17.8 Å². The van der Waals surface area contributed by atoms with E-state index in [0.29, 0.717) is 18.7 Å². The van der Waals surface area contributed by atoms with Crippen molar-refractivity contribution >= 4 is 11.3 Å². The molecule has 21 heavy (non-hydrogen) atoms. The number of benzene rings is 1. The lowest BCUT2D eigenvalue weighted by atomic mass is 9.78. The summed E-state index contributed by atoms with van der Waals surface area (Å²) in [6.45, 7) is 5.73. The summed E-state index contributed by atoms with van der Waals surface area (Å²) in [5.74, 6) is 0.0848. The summed E-state index contributed by atoms with van der Waals surface area (Å²) in [5, 5.41) is 23.3. The Kier molecular flexibility index (Phi) is 4.73. The SMILES string of the molecule is CCN(CCN=[N+]=[N-])c1ccc(C2=C(O)C(C)C2O)cc1. The monoisotopic (exact) mass is 288 g/mol. The normalized spacial score (nSPS) is 20.7. The van der Waals surface area contributed by atoms with Crippen molar-refractivity contribution in [1.29, 1.82) is 0 Å². The van der Waals surface area contributed by atoms with Gasteiger partial charge in [0.05, 0.1) is 6.10 Å². The van der Waals surface area contributed by atoms with Gasteiger partial charge in [0.2, 0.25) is 0 Å². The standard InChI is InChI=1S/C15H20N4O2/c1-3-19(9-8-17-18-16)12-6-4-11(5-7-12)13-14(20)10(2)15(13)21/h4-7,10,14,20-21H,3,8-9H2,1-2H3. The molecular formula is C15H20N4O2. The van der Waals surface area contributed by atoms with Gasteiger partial charge in [-0.05, 0) is 30.2 Å². The van der Waals surface area contributed by atoms with Gasteiger partial charge in [-0.3, -0.25) is 0 Å². The predicted octanol–water partition coefficient (Wildman–Crippen LogP) is 3.10. The first-order chi connectivity index (χ1) is 10.1. The van der Waals surface area contributed by atoms with E-state index in [9.17, 15) is 10.2 Å². The molecule has 0 fully saturated rings. The van der Waals surface area contributed by atoms with Gasteiger partial charge >= 0.3 is 0 Å². The topological polar surface area (TPSA) is 92.5 Å². The van der Waals surface area contributed by atoms with Crippen LogP contribution in [0.4, 0.5) is 5.69 Å². The molecule has 2 unspecified atom stereocenters. The molecule has 2 rings (SSSR count). The lowest BCUT2D eigenvalue weighted by molar-refractivity contribution is 0.124. The fourth-order valence-corrected chi connectivity index (χ4v) is 2.55. The smallest absolute Gasteiger partial charge is 0.104 e. The summed E-state index contributed by atoms with van der Waals surface area (Å²) in [4.78, 5) is 4.86. The fraction of sp³-hybridized carbons (Fsp3) is 0.467. The number of hydrogen-bond donors (Lipinski definition) is 2. The summed E-state index contributed by atoms with van der Waals surface area (Å²) in [7, 11) is 0. The molecule has 1 aromatic carbocycles. The van der Waals surface area contributed by atoms with Crippen molar-refractivity contribution in [2.45, 2.75) is 20.0 Å². The van der Waals surface area contributed by atoms with E-state index in [1.54, 1.807) is 6.92 Å². The second-order valence-electron chi connectivity index (χ2n) is 5.11. The highest BCUT2D eigenvalue weighted by Crippen LogP contribution is 2.40. The summed E-state index contributed by atoms with van der Waals surface area (Å²) in [5.41, 5.74) is 10.8. The molecule has 0 aromatic heterocycles. The molecule has 0 spiro atoms. The van der Waals surface area contributed by atoms with Gasteiger partial charge in [0.1, 0.15) is 5.76 Å². The second kappa shape index (κ2) is 6.52. The van der Waals surface area contributed by atoms with Gasteiger partial charge in [0, 0.05) is 41.7 Å². The number of hydrogen-bond acceptors (Lipinski definition) is 4. The zero-order valence-electron chi connectivity index (χ0n) is 12.3. The Labute approximate surface area is 124 Å². The van der Waals surface area contributed by atoms with E-state index in [2.05, 4.69) is 14.9 Å². The fourth-order valence-electron chi connectivity index (χ4n) is 2.55. The first-order valence-electron chi connectivity index (χ1n) is 7.07. The van der Waals surface area contributed by atoms with Crippen molar-refractivity contribution in [3.63, 3.8) is 0 Å². The number of likely N-dealkylation sites (N-methyl/N-ethyl adjacent to an activating group) is 1. The Morgan fingerprint density at radius 1 is 1.33 bits per heavy atom. The highest BCUT2D eigenvalue weighted by Gasteiger charge is 2.36. The maximum absolute atomic E-state index is 9.89. The van der Waals surface area contributed by atoms with Crippen LogP contribution in [0.15, 0.2) is 35.1 Å². The summed E-state index contributed by atoms with van der Waals surface area (Å²) >= 11 is 0. The zero-order valence-corrected chi connectivity index (χ0v) is 12.3. The van der Waals surface area contributed by atoms with E-state index < -0.39 is 6.10 Å². The van der Waals surface area contributed by atoms with Crippen molar-refractivity contribution < 1.29 is 10.2 Å². The molecule has 0 saturated carbocycles. The van der Waals surface area contributed by atoms with Gasteiger partial charge in [-0.25, -0.2) is 0 Å². The van der Waals surface area contributed by atoms with Crippen LogP contribution in [0.3, 0.4) is 0 Å². The molecule has 1 aliphatic rings. The molecule has 0 aliphatic heterocycles. The van der Waals surface area contributed by atoms with E-state index >= 15 is 0 Å². The van der Waals surface area contributed by atoms with Gasteiger partial charge in [-0.15, -0.1) is 0 Å². The number of aliphatic hydroxyl groups is 2. The lowest BCUT2D eigenvalue weighted by Gasteiger charge is -2.33. The number of nitrogens with zero attached hydrogens (tertiary/aromatic N) is 4. The van der Waals surface area contributed by atoms with Crippen LogP contribution >= 0.6 is 0 Å². The van der Waals surface area contributed by atoms with Gasteiger partial charge in [-0.2, -0.15) is 0 Å². The minimum absolute atomic E-state index is 0.185. The minimum atomic E-state index is -0.594. The average molecular weight is 288 g/mol. The largest absolute Gasteiger partial charge is 0.512 e. The van der Waals surface area contributed by atoms with Crippen LogP contribution in [-0.4, -0.2) is 36.0 Å². The van der Waals surface area contributed by atoms with Crippen LogP contribution < -0.4 is 4.90 Å². The third-order valence-electron chi connectivity index (χ3n) is 3.93. The first kappa shape index (κ1) is 15.2. The Morgan fingerprint density at radius 3 is 2.52 bits per heavy atom. The van der Waals surface area contributed by atoms with Gasteiger partial charge in [0.25, 0.3) is 0 Å². The Morgan fingerprint density at radius 2 is 2.00 bits per heavy atom. The minimum Gasteiger partial charge on any atom is -0.512 e. The highest BCUT2D eigenvalue weighted by atomic mass is 16.3. The van der Waals surface area contributed by atoms with Crippen molar-refractivity contribution in [2.75, 3.05) is 24.5 Å². The lowest BCUT2D eigenvalue weighted by Crippen LogP contribution is -2.32. The third kappa shape index (κ3) is 2.96. The highest BCUT2D eigenvalue weighted by molar-refractivity contribution is 5.77. The van der Waals surface area contributed by atoms with Crippen LogP contribution in [0, 0.1) is 5.92 Å². The van der Waals surface area contributed by atoms with Crippen molar-refractivity contribution in [3.8, 4) is 0 Å². The molecule has 6 nitrogen and oxygen atoms in total. The Bertz CT molecular complexity index is 576. The van der Waals surface area contributed by atoms with Crippen LogP contribution in [0.2, 0.25) is 0 Å². The van der Waals surface area contributed by atoms with Crippen LogP contribution in [0.5, 0.6) is 0 Å². The zero-order chi connectivity index (χ0) is 15.4.